The summed E-state index contributed by atoms with van der Waals surface area (Å²) in [6.07, 6.45) is -3.49. The van der Waals surface area contributed by atoms with E-state index in [9.17, 15) is 18.0 Å². The highest BCUT2D eigenvalue weighted by atomic mass is 19.4. The molecule has 5 nitrogen and oxygen atoms in total. The minimum absolute atomic E-state index is 0.304. The Labute approximate surface area is 112 Å². The van der Waals surface area contributed by atoms with E-state index in [1.807, 2.05) is 0 Å². The summed E-state index contributed by atoms with van der Waals surface area (Å²) >= 11 is 0. The van der Waals surface area contributed by atoms with Crippen LogP contribution in [0, 0.1) is 0 Å². The lowest BCUT2D eigenvalue weighted by atomic mass is 10.1. The third-order valence-corrected chi connectivity index (χ3v) is 2.88. The maximum absolute atomic E-state index is 12.7. The molecular weight excluding hydrogens is 277 g/mol. The van der Waals surface area contributed by atoms with Gasteiger partial charge in [-0.15, -0.1) is 0 Å². The van der Waals surface area contributed by atoms with Crippen LogP contribution in [0.3, 0.4) is 0 Å². The number of aromatic nitrogens is 1. The molecule has 110 valence electrons. The van der Waals surface area contributed by atoms with Crippen molar-refractivity contribution in [1.29, 1.82) is 0 Å². The first-order valence-electron chi connectivity index (χ1n) is 6.06. The van der Waals surface area contributed by atoms with Gasteiger partial charge in [-0.2, -0.15) is 13.2 Å². The molecule has 0 amide bonds. The highest BCUT2D eigenvalue weighted by molar-refractivity contribution is 5.88. The molecule has 0 aromatic carbocycles. The van der Waals surface area contributed by atoms with Crippen molar-refractivity contribution in [3.8, 4) is 5.88 Å². The summed E-state index contributed by atoms with van der Waals surface area (Å²) in [6, 6.07) is 1.50. The molecule has 2 heterocycles. The molecule has 1 fully saturated rings. The van der Waals surface area contributed by atoms with Crippen LogP contribution in [0.5, 0.6) is 5.88 Å². The third-order valence-electron chi connectivity index (χ3n) is 2.88. The number of halogens is 3. The normalized spacial score (nSPS) is 19.6. The highest BCUT2D eigenvalue weighted by Crippen LogP contribution is 2.30. The van der Waals surface area contributed by atoms with E-state index in [0.717, 1.165) is 19.0 Å². The van der Waals surface area contributed by atoms with E-state index in [-0.39, 0.29) is 12.0 Å². The Hall–Kier alpha value is -1.83. The Kier molecular flexibility index (Phi) is 4.12. The van der Waals surface area contributed by atoms with Gasteiger partial charge in [-0.25, -0.2) is 9.78 Å². The number of piperidine rings is 1. The molecule has 1 aliphatic rings. The molecule has 1 aromatic rings. The van der Waals surface area contributed by atoms with Crippen molar-refractivity contribution >= 4 is 5.97 Å². The number of nitrogens with one attached hydrogen (secondary N) is 1. The van der Waals surface area contributed by atoms with Crippen LogP contribution < -0.4 is 10.1 Å². The first-order chi connectivity index (χ1) is 9.36. The van der Waals surface area contributed by atoms with E-state index in [1.54, 1.807) is 0 Å². The molecule has 1 atom stereocenters. The number of ether oxygens (including phenoxy) is 1. The van der Waals surface area contributed by atoms with Gasteiger partial charge >= 0.3 is 12.1 Å². The van der Waals surface area contributed by atoms with Crippen molar-refractivity contribution in [2.75, 3.05) is 13.1 Å². The van der Waals surface area contributed by atoms with Crippen molar-refractivity contribution in [2.24, 2.45) is 0 Å². The zero-order valence-electron chi connectivity index (χ0n) is 10.4. The molecule has 1 aromatic heterocycles. The van der Waals surface area contributed by atoms with Gasteiger partial charge in [0.1, 0.15) is 11.8 Å². The van der Waals surface area contributed by atoms with Crippen LogP contribution in [0.1, 0.15) is 28.9 Å². The number of hydrogen-bond acceptors (Lipinski definition) is 4. The van der Waals surface area contributed by atoms with E-state index in [1.165, 1.54) is 0 Å². The van der Waals surface area contributed by atoms with Crippen molar-refractivity contribution in [2.45, 2.75) is 25.1 Å². The number of carboxylic acids is 1. The summed E-state index contributed by atoms with van der Waals surface area (Å²) in [4.78, 5) is 14.2. The van der Waals surface area contributed by atoms with E-state index in [4.69, 9.17) is 9.84 Å². The summed E-state index contributed by atoms with van der Waals surface area (Å²) in [7, 11) is 0. The maximum atomic E-state index is 12.7. The monoisotopic (exact) mass is 290 g/mol. The number of hydrogen-bond donors (Lipinski definition) is 2. The first-order valence-corrected chi connectivity index (χ1v) is 6.06. The van der Waals surface area contributed by atoms with Gasteiger partial charge < -0.3 is 15.2 Å². The molecule has 8 heteroatoms. The zero-order valence-corrected chi connectivity index (χ0v) is 10.4. The molecular formula is C12H13F3N2O3. The molecule has 1 saturated heterocycles. The van der Waals surface area contributed by atoms with E-state index in [2.05, 4.69) is 10.3 Å². The lowest BCUT2D eigenvalue weighted by Crippen LogP contribution is -2.37. The van der Waals surface area contributed by atoms with Gasteiger partial charge in [0.2, 0.25) is 5.88 Å². The quantitative estimate of drug-likeness (QED) is 0.890. The molecule has 0 radical (unpaired) electrons. The Morgan fingerprint density at radius 3 is 2.75 bits per heavy atom. The minimum Gasteiger partial charge on any atom is -0.478 e. The maximum Gasteiger partial charge on any atom is 0.433 e. The van der Waals surface area contributed by atoms with Gasteiger partial charge in [-0.05, 0) is 25.5 Å². The number of carbonyl (C=O) groups is 1. The molecule has 0 saturated carbocycles. The van der Waals surface area contributed by atoms with Gasteiger partial charge in [0.05, 0.1) is 5.56 Å². The summed E-state index contributed by atoms with van der Waals surface area (Å²) in [5.74, 6) is -1.77. The van der Waals surface area contributed by atoms with Crippen molar-refractivity contribution in [3.63, 3.8) is 0 Å². The van der Waals surface area contributed by atoms with Gasteiger partial charge in [0.15, 0.2) is 0 Å². The smallest absolute Gasteiger partial charge is 0.433 e. The minimum atomic E-state index is -4.71. The van der Waals surface area contributed by atoms with Crippen molar-refractivity contribution in [3.05, 3.63) is 23.4 Å². The average molecular weight is 290 g/mol. The molecule has 2 N–H and O–H groups in total. The molecule has 0 unspecified atom stereocenters. The van der Waals surface area contributed by atoms with Crippen LogP contribution in [0.15, 0.2) is 12.1 Å². The summed E-state index contributed by atoms with van der Waals surface area (Å²) in [6.45, 7) is 1.33. The van der Waals surface area contributed by atoms with Crippen LogP contribution in [-0.2, 0) is 6.18 Å². The van der Waals surface area contributed by atoms with Gasteiger partial charge in [0.25, 0.3) is 0 Å². The number of aromatic carboxylic acids is 1. The van der Waals surface area contributed by atoms with Crippen LogP contribution in [-0.4, -0.2) is 35.3 Å². The number of rotatable bonds is 3. The molecule has 0 bridgehead atoms. The average Bonchev–Trinajstić information content (AvgIpc) is 2.38. The first kappa shape index (κ1) is 14.6. The van der Waals surface area contributed by atoms with Gasteiger partial charge in [0, 0.05) is 12.6 Å². The third kappa shape index (κ3) is 3.60. The number of alkyl halides is 3. The SMILES string of the molecule is O=C(O)c1cc(O[C@@H]2CCCNC2)nc(C(F)(F)F)c1. The molecule has 1 aliphatic heterocycles. The second-order valence-corrected chi connectivity index (χ2v) is 4.47. The highest BCUT2D eigenvalue weighted by Gasteiger charge is 2.34. The lowest BCUT2D eigenvalue weighted by Gasteiger charge is -2.23. The van der Waals surface area contributed by atoms with Gasteiger partial charge in [-0.3, -0.25) is 0 Å². The predicted molar refractivity (Wildman–Crippen MR) is 62.7 cm³/mol. The van der Waals surface area contributed by atoms with E-state index >= 15 is 0 Å². The van der Waals surface area contributed by atoms with Crippen molar-refractivity contribution in [1.82, 2.24) is 10.3 Å². The number of carboxylic acid groups (broad SMARTS) is 1. The molecule has 0 spiro atoms. The van der Waals surface area contributed by atoms with Crippen LogP contribution in [0.2, 0.25) is 0 Å². The van der Waals surface area contributed by atoms with Crippen LogP contribution in [0.4, 0.5) is 13.2 Å². The summed E-state index contributed by atoms with van der Waals surface area (Å²) < 4.78 is 43.3. The fraction of sp³-hybridized carbons (Fsp3) is 0.500. The van der Waals surface area contributed by atoms with Crippen LogP contribution >= 0.6 is 0 Å². The van der Waals surface area contributed by atoms with Crippen LogP contribution in [0.25, 0.3) is 0 Å². The fourth-order valence-corrected chi connectivity index (χ4v) is 1.93. The second-order valence-electron chi connectivity index (χ2n) is 4.47. The largest absolute Gasteiger partial charge is 0.478 e. The number of nitrogens with zero attached hydrogens (tertiary/aromatic N) is 1. The number of pyridine rings is 1. The van der Waals surface area contributed by atoms with E-state index < -0.39 is 23.4 Å². The Morgan fingerprint density at radius 1 is 1.45 bits per heavy atom. The van der Waals surface area contributed by atoms with Gasteiger partial charge in [-0.1, -0.05) is 0 Å². The zero-order chi connectivity index (χ0) is 14.8. The molecule has 20 heavy (non-hydrogen) atoms. The Bertz CT molecular complexity index is 499. The summed E-state index contributed by atoms with van der Waals surface area (Å²) in [5.41, 5.74) is -1.76. The Balaban J connectivity index is 2.26. The predicted octanol–water partition coefficient (Wildman–Crippen LogP) is 1.93. The second kappa shape index (κ2) is 5.66. The Morgan fingerprint density at radius 2 is 2.20 bits per heavy atom. The van der Waals surface area contributed by atoms with E-state index in [0.29, 0.717) is 19.0 Å². The topological polar surface area (TPSA) is 71.5 Å². The fourth-order valence-electron chi connectivity index (χ4n) is 1.93. The summed E-state index contributed by atoms with van der Waals surface area (Å²) in [5, 5.41) is 11.9. The lowest BCUT2D eigenvalue weighted by molar-refractivity contribution is -0.141. The molecule has 0 aliphatic carbocycles. The standard InChI is InChI=1S/C12H13F3N2O3/c13-12(14,15)9-4-7(11(18)19)5-10(17-9)20-8-2-1-3-16-6-8/h4-5,8,16H,1-3,6H2,(H,18,19)/t8-/m1/s1. The molecule has 2 rings (SSSR count). The van der Waals surface area contributed by atoms with Crippen molar-refractivity contribution < 1.29 is 27.8 Å².